The Hall–Kier alpha value is 1.35. The van der Waals surface area contributed by atoms with E-state index in [1.165, 1.54) is 38.8 Å². The first-order chi connectivity index (χ1) is 1.73. The molecule has 0 aromatic heterocycles. The Balaban J connectivity index is 2.32. The molecule has 1 heteroatoms. The van der Waals surface area contributed by atoms with Crippen molar-refractivity contribution < 1.29 is 38.8 Å². The standard InChI is InChI=1S/C3H7.Nd/c1-3-2;/h3H,1-2H3;. The van der Waals surface area contributed by atoms with Crippen molar-refractivity contribution in [3.8, 4) is 0 Å². The molecule has 0 aliphatic heterocycles. The maximum atomic E-state index is 2.23. The van der Waals surface area contributed by atoms with E-state index in [0.717, 1.165) is 1.57 Å². The second kappa shape index (κ2) is 2.58. The Morgan fingerprint density at radius 3 is 1.50 bits per heavy atom. The Bertz CT molecular complexity index is 8.00. The molecule has 0 aliphatic carbocycles. The van der Waals surface area contributed by atoms with Crippen molar-refractivity contribution in [3.63, 3.8) is 0 Å². The number of hydrogen-bond acceptors (Lipinski definition) is 0. The first-order valence-corrected chi connectivity index (χ1v) is 3.30. The van der Waals surface area contributed by atoms with Gasteiger partial charge in [-0.15, -0.1) is 0 Å². The Morgan fingerprint density at radius 1 is 1.50 bits per heavy atom. The van der Waals surface area contributed by atoms with Gasteiger partial charge < -0.3 is 0 Å². The van der Waals surface area contributed by atoms with Crippen LogP contribution in [0.3, 0.4) is 0 Å². The zero-order valence-electron chi connectivity index (χ0n) is 3.08. The minimum atomic E-state index is 0.972. The summed E-state index contributed by atoms with van der Waals surface area (Å²) in [5.74, 6) is 0. The van der Waals surface area contributed by atoms with Gasteiger partial charge in [-0.2, -0.15) is 0 Å². The summed E-state index contributed by atoms with van der Waals surface area (Å²) >= 11 is 1.35. The van der Waals surface area contributed by atoms with Crippen LogP contribution in [-0.2, 0) is 0 Å². The zero-order chi connectivity index (χ0) is 3.58. The van der Waals surface area contributed by atoms with Gasteiger partial charge in [0.2, 0.25) is 0 Å². The Labute approximate surface area is 53.6 Å². The van der Waals surface area contributed by atoms with E-state index in [0.29, 0.717) is 0 Å². The van der Waals surface area contributed by atoms with E-state index in [2.05, 4.69) is 13.8 Å². The minimum absolute atomic E-state index is 0.972. The van der Waals surface area contributed by atoms with Gasteiger partial charge >= 0.3 is 54.2 Å². The molecule has 0 aromatic rings. The summed E-state index contributed by atoms with van der Waals surface area (Å²) in [7, 11) is 0. The van der Waals surface area contributed by atoms with Gasteiger partial charge in [-0.05, 0) is 0 Å². The number of hydrogen-bond donors (Lipinski definition) is 0. The molecule has 0 aromatic carbocycles. The summed E-state index contributed by atoms with van der Waals surface area (Å²) in [6, 6.07) is 0. The van der Waals surface area contributed by atoms with E-state index in [1.807, 2.05) is 0 Å². The van der Waals surface area contributed by atoms with E-state index in [4.69, 9.17) is 0 Å². The van der Waals surface area contributed by atoms with Crippen molar-refractivity contribution >= 4 is 0 Å². The summed E-state index contributed by atoms with van der Waals surface area (Å²) in [6.45, 7) is 4.46. The van der Waals surface area contributed by atoms with Gasteiger partial charge in [-0.3, -0.25) is 0 Å². The van der Waals surface area contributed by atoms with E-state index in [1.54, 1.807) is 0 Å². The van der Waals surface area contributed by atoms with Crippen LogP contribution >= 0.6 is 0 Å². The molecule has 0 rings (SSSR count). The molecular formula is C3H7Nd. The van der Waals surface area contributed by atoms with Gasteiger partial charge in [-0.1, -0.05) is 0 Å². The Morgan fingerprint density at radius 2 is 1.50 bits per heavy atom. The average Bonchev–Trinajstić information content (AvgIpc) is 0.811. The van der Waals surface area contributed by atoms with E-state index < -0.39 is 0 Å². The third kappa shape index (κ3) is 10.1. The number of rotatable bonds is 0. The molecule has 0 nitrogen and oxygen atoms in total. The van der Waals surface area contributed by atoms with E-state index in [9.17, 15) is 0 Å². The van der Waals surface area contributed by atoms with Crippen LogP contribution in [0.5, 0.6) is 0 Å². The predicted octanol–water partition coefficient (Wildman–Crippen LogP) is 1.36. The molecule has 23 valence electrons. The van der Waals surface area contributed by atoms with Crippen LogP contribution in [0.15, 0.2) is 0 Å². The monoisotopic (exact) mass is 185 g/mol. The van der Waals surface area contributed by atoms with Crippen molar-refractivity contribution in [1.82, 2.24) is 0 Å². The van der Waals surface area contributed by atoms with E-state index in [-0.39, 0.29) is 0 Å². The summed E-state index contributed by atoms with van der Waals surface area (Å²) < 4.78 is 0.972. The fourth-order valence-electron chi connectivity index (χ4n) is 0. The molecule has 0 fully saturated rings. The van der Waals surface area contributed by atoms with Gasteiger partial charge in [0.25, 0.3) is 0 Å². The van der Waals surface area contributed by atoms with Gasteiger partial charge in [0, 0.05) is 0 Å². The fourth-order valence-corrected chi connectivity index (χ4v) is 0. The molecular weight excluding hydrogens is 180 g/mol. The van der Waals surface area contributed by atoms with Crippen LogP contribution in [0.1, 0.15) is 13.8 Å². The third-order valence-corrected chi connectivity index (χ3v) is 0. The first kappa shape index (κ1) is 5.35. The fraction of sp³-hybridized carbons (Fsp3) is 1.00. The van der Waals surface area contributed by atoms with Gasteiger partial charge in [0.05, 0.1) is 0 Å². The van der Waals surface area contributed by atoms with Crippen molar-refractivity contribution in [2.45, 2.75) is 15.4 Å². The quantitative estimate of drug-likeness (QED) is 0.537. The molecule has 0 radical (unpaired) electrons. The van der Waals surface area contributed by atoms with Crippen molar-refractivity contribution in [1.29, 1.82) is 0 Å². The normalized spacial score (nSPS) is 8.50. The van der Waals surface area contributed by atoms with Gasteiger partial charge in [-0.25, -0.2) is 0 Å². The summed E-state index contributed by atoms with van der Waals surface area (Å²) in [6.07, 6.45) is 0. The SMILES string of the molecule is C[CH](C)[Nd]. The van der Waals surface area contributed by atoms with Crippen molar-refractivity contribution in [2.75, 3.05) is 0 Å². The second-order valence-electron chi connectivity index (χ2n) is 1.15. The molecule has 0 saturated carbocycles. The van der Waals surface area contributed by atoms with Gasteiger partial charge in [0.1, 0.15) is 0 Å². The molecule has 0 atom stereocenters. The molecule has 0 amide bonds. The topological polar surface area (TPSA) is 0 Å². The summed E-state index contributed by atoms with van der Waals surface area (Å²) in [5, 5.41) is 0. The summed E-state index contributed by atoms with van der Waals surface area (Å²) in [4.78, 5) is 0. The molecule has 0 unspecified atom stereocenters. The van der Waals surface area contributed by atoms with Gasteiger partial charge in [0.15, 0.2) is 0 Å². The average molecular weight is 187 g/mol. The van der Waals surface area contributed by atoms with Crippen molar-refractivity contribution in [3.05, 3.63) is 0 Å². The maximum absolute atomic E-state index is 2.23. The molecule has 0 saturated heterocycles. The third-order valence-electron chi connectivity index (χ3n) is 0. The van der Waals surface area contributed by atoms with Crippen molar-refractivity contribution in [2.24, 2.45) is 0 Å². The van der Waals surface area contributed by atoms with Crippen LogP contribution < -0.4 is 0 Å². The zero-order valence-corrected chi connectivity index (χ0v) is 6.29. The van der Waals surface area contributed by atoms with Crippen LogP contribution in [0.25, 0.3) is 0 Å². The molecule has 0 heterocycles. The van der Waals surface area contributed by atoms with Crippen LogP contribution in [0.4, 0.5) is 0 Å². The molecule has 0 N–H and O–H groups in total. The Kier molecular flexibility index (Phi) is 3.45. The second-order valence-corrected chi connectivity index (χ2v) is 4.86. The van der Waals surface area contributed by atoms with Crippen LogP contribution in [-0.4, -0.2) is 0 Å². The molecule has 0 bridgehead atoms. The molecule has 4 heavy (non-hydrogen) atoms. The molecule has 0 spiro atoms. The van der Waals surface area contributed by atoms with E-state index >= 15 is 0 Å². The summed E-state index contributed by atoms with van der Waals surface area (Å²) in [5.41, 5.74) is 0. The van der Waals surface area contributed by atoms with Crippen LogP contribution in [0.2, 0.25) is 1.57 Å². The molecule has 0 aliphatic rings. The first-order valence-electron chi connectivity index (χ1n) is 1.44. The van der Waals surface area contributed by atoms with Crippen LogP contribution in [0, 0.1) is 38.8 Å². The predicted molar refractivity (Wildman–Crippen MR) is 15.1 cm³/mol.